The molecule has 2 nitrogen and oxygen atoms in total. The number of esters is 1. The van der Waals surface area contributed by atoms with Crippen LogP contribution in [0.4, 0.5) is 0 Å². The quantitative estimate of drug-likeness (QED) is 0.561. The molecule has 2 rings (SSSR count). The number of hydrogen-bond donors (Lipinski definition) is 0. The van der Waals surface area contributed by atoms with Gasteiger partial charge in [-0.2, -0.15) is 0 Å². The van der Waals surface area contributed by atoms with Crippen molar-refractivity contribution < 1.29 is 9.53 Å². The van der Waals surface area contributed by atoms with Gasteiger partial charge >= 0.3 is 5.97 Å². The third-order valence-corrected chi connectivity index (χ3v) is 3.33. The molecule has 2 fully saturated rings. The van der Waals surface area contributed by atoms with Gasteiger partial charge in [0.25, 0.3) is 0 Å². The molecule has 0 aromatic rings. The second-order valence-corrected chi connectivity index (χ2v) is 4.01. The number of ether oxygens (including phenoxy) is 1. The van der Waals surface area contributed by atoms with Gasteiger partial charge in [0.2, 0.25) is 0 Å². The van der Waals surface area contributed by atoms with Crippen molar-refractivity contribution >= 4 is 5.97 Å². The average molecular weight is 168 g/mol. The van der Waals surface area contributed by atoms with E-state index in [1.54, 1.807) is 0 Å². The third kappa shape index (κ3) is 0.970. The Morgan fingerprint density at radius 1 is 1.42 bits per heavy atom. The van der Waals surface area contributed by atoms with Crippen molar-refractivity contribution in [1.82, 2.24) is 0 Å². The minimum absolute atomic E-state index is 0.00984. The maximum atomic E-state index is 11.1. The Labute approximate surface area is 73.3 Å². The summed E-state index contributed by atoms with van der Waals surface area (Å²) in [5.74, 6) is 0.261. The van der Waals surface area contributed by atoms with Crippen LogP contribution in [0.3, 0.4) is 0 Å². The molecule has 2 aliphatic rings. The lowest BCUT2D eigenvalue weighted by atomic mass is 9.70. The first-order valence-corrected chi connectivity index (χ1v) is 5.01. The van der Waals surface area contributed by atoms with Gasteiger partial charge in [0, 0.05) is 0 Å². The standard InChI is InChI=1S/C10H16O2/c1-2-8-9(11)12-10(8)6-4-3-5-7-10/h8H,2-7H2,1H3. The van der Waals surface area contributed by atoms with E-state index in [0.29, 0.717) is 0 Å². The molecule has 1 aliphatic heterocycles. The lowest BCUT2D eigenvalue weighted by molar-refractivity contribution is -0.220. The summed E-state index contributed by atoms with van der Waals surface area (Å²) in [6.45, 7) is 2.08. The minimum atomic E-state index is -0.00984. The Morgan fingerprint density at radius 2 is 2.08 bits per heavy atom. The Morgan fingerprint density at radius 3 is 2.58 bits per heavy atom. The first kappa shape index (κ1) is 8.09. The summed E-state index contributed by atoms with van der Waals surface area (Å²) in [7, 11) is 0. The summed E-state index contributed by atoms with van der Waals surface area (Å²) < 4.78 is 5.33. The molecule has 1 atom stereocenters. The highest BCUT2D eigenvalue weighted by molar-refractivity contribution is 5.80. The van der Waals surface area contributed by atoms with E-state index in [0.717, 1.165) is 19.3 Å². The zero-order valence-electron chi connectivity index (χ0n) is 7.64. The molecule has 1 saturated heterocycles. The normalized spacial score (nSPS) is 32.8. The predicted molar refractivity (Wildman–Crippen MR) is 45.7 cm³/mol. The molecule has 68 valence electrons. The highest BCUT2D eigenvalue weighted by Gasteiger charge is 2.55. The fourth-order valence-corrected chi connectivity index (χ4v) is 2.64. The van der Waals surface area contributed by atoms with Crippen molar-refractivity contribution in [2.24, 2.45) is 5.92 Å². The Kier molecular flexibility index (Phi) is 1.85. The van der Waals surface area contributed by atoms with Crippen molar-refractivity contribution in [3.63, 3.8) is 0 Å². The lowest BCUT2D eigenvalue weighted by Gasteiger charge is -2.49. The summed E-state index contributed by atoms with van der Waals surface area (Å²) in [6, 6.07) is 0. The van der Waals surface area contributed by atoms with E-state index in [4.69, 9.17) is 4.74 Å². The number of hydrogen-bond acceptors (Lipinski definition) is 2. The Hall–Kier alpha value is -0.530. The largest absolute Gasteiger partial charge is 0.458 e. The fourth-order valence-electron chi connectivity index (χ4n) is 2.64. The van der Waals surface area contributed by atoms with E-state index in [1.165, 1.54) is 19.3 Å². The van der Waals surface area contributed by atoms with Gasteiger partial charge in [-0.1, -0.05) is 13.3 Å². The van der Waals surface area contributed by atoms with Gasteiger partial charge in [0.1, 0.15) is 5.60 Å². The molecule has 0 bridgehead atoms. The van der Waals surface area contributed by atoms with Gasteiger partial charge < -0.3 is 4.74 Å². The van der Waals surface area contributed by atoms with Gasteiger partial charge in [0.15, 0.2) is 0 Å². The van der Waals surface area contributed by atoms with Crippen LogP contribution in [-0.4, -0.2) is 11.6 Å². The van der Waals surface area contributed by atoms with Gasteiger partial charge in [-0.15, -0.1) is 0 Å². The predicted octanol–water partition coefficient (Wildman–Crippen LogP) is 2.27. The summed E-state index contributed by atoms with van der Waals surface area (Å²) >= 11 is 0. The van der Waals surface area contributed by atoms with Crippen LogP contribution in [0, 0.1) is 5.92 Å². The number of rotatable bonds is 1. The highest BCUT2D eigenvalue weighted by Crippen LogP contribution is 2.46. The molecule has 1 heterocycles. The van der Waals surface area contributed by atoms with Gasteiger partial charge in [-0.3, -0.25) is 4.79 Å². The molecule has 1 unspecified atom stereocenters. The molecular formula is C10H16O2. The summed E-state index contributed by atoms with van der Waals surface area (Å²) in [6.07, 6.45) is 6.97. The molecule has 1 spiro atoms. The van der Waals surface area contributed by atoms with E-state index < -0.39 is 0 Å². The van der Waals surface area contributed by atoms with E-state index >= 15 is 0 Å². The lowest BCUT2D eigenvalue weighted by Crippen LogP contribution is -2.58. The van der Waals surface area contributed by atoms with Crippen LogP contribution in [0.15, 0.2) is 0 Å². The molecule has 12 heavy (non-hydrogen) atoms. The van der Waals surface area contributed by atoms with Gasteiger partial charge in [0.05, 0.1) is 5.92 Å². The van der Waals surface area contributed by atoms with Gasteiger partial charge in [-0.25, -0.2) is 0 Å². The molecule has 1 aliphatic carbocycles. The first-order valence-electron chi connectivity index (χ1n) is 5.01. The number of carbonyl (C=O) groups is 1. The summed E-state index contributed by atoms with van der Waals surface area (Å²) in [5, 5.41) is 0. The minimum Gasteiger partial charge on any atom is -0.458 e. The van der Waals surface area contributed by atoms with Crippen LogP contribution >= 0.6 is 0 Å². The smallest absolute Gasteiger partial charge is 0.313 e. The second-order valence-electron chi connectivity index (χ2n) is 4.01. The van der Waals surface area contributed by atoms with Crippen LogP contribution in [0.2, 0.25) is 0 Å². The highest BCUT2D eigenvalue weighted by atomic mass is 16.6. The van der Waals surface area contributed by atoms with E-state index in [1.807, 2.05) is 0 Å². The van der Waals surface area contributed by atoms with Crippen molar-refractivity contribution in [1.29, 1.82) is 0 Å². The van der Waals surface area contributed by atoms with Crippen molar-refractivity contribution in [3.05, 3.63) is 0 Å². The molecule has 0 N–H and O–H groups in total. The SMILES string of the molecule is CCC1C(=O)OC12CCCCC2. The first-order chi connectivity index (χ1) is 5.78. The maximum absolute atomic E-state index is 11.1. The number of carbonyl (C=O) groups excluding carboxylic acids is 1. The topological polar surface area (TPSA) is 26.3 Å². The van der Waals surface area contributed by atoms with Crippen LogP contribution in [0.25, 0.3) is 0 Å². The zero-order valence-corrected chi connectivity index (χ0v) is 7.64. The zero-order chi connectivity index (χ0) is 8.60. The van der Waals surface area contributed by atoms with Crippen LogP contribution in [0.5, 0.6) is 0 Å². The Balaban J connectivity index is 2.06. The van der Waals surface area contributed by atoms with Crippen LogP contribution < -0.4 is 0 Å². The monoisotopic (exact) mass is 168 g/mol. The summed E-state index contributed by atoms with van der Waals surface area (Å²) in [4.78, 5) is 11.1. The maximum Gasteiger partial charge on any atom is 0.313 e. The van der Waals surface area contributed by atoms with Crippen molar-refractivity contribution in [2.75, 3.05) is 0 Å². The van der Waals surface area contributed by atoms with Crippen molar-refractivity contribution in [3.8, 4) is 0 Å². The molecule has 0 aromatic carbocycles. The van der Waals surface area contributed by atoms with E-state index in [9.17, 15) is 4.79 Å². The molecule has 0 radical (unpaired) electrons. The van der Waals surface area contributed by atoms with Crippen molar-refractivity contribution in [2.45, 2.75) is 51.0 Å². The third-order valence-electron chi connectivity index (χ3n) is 3.33. The molecule has 2 heteroatoms. The molecule has 0 amide bonds. The van der Waals surface area contributed by atoms with Gasteiger partial charge in [-0.05, 0) is 32.1 Å². The average Bonchev–Trinajstić information content (AvgIpc) is 2.06. The Bertz CT molecular complexity index is 192. The molecule has 0 aromatic heterocycles. The van der Waals surface area contributed by atoms with Crippen LogP contribution in [0.1, 0.15) is 45.4 Å². The fraction of sp³-hybridized carbons (Fsp3) is 0.900. The molecule has 1 saturated carbocycles. The molecular weight excluding hydrogens is 152 g/mol. The van der Waals surface area contributed by atoms with E-state index in [2.05, 4.69) is 6.92 Å². The summed E-state index contributed by atoms with van der Waals surface area (Å²) in [5.41, 5.74) is -0.00984. The van der Waals surface area contributed by atoms with Crippen LogP contribution in [-0.2, 0) is 9.53 Å². The second kappa shape index (κ2) is 2.75. The van der Waals surface area contributed by atoms with E-state index in [-0.39, 0.29) is 17.5 Å².